The van der Waals surface area contributed by atoms with Gasteiger partial charge in [-0.3, -0.25) is 0 Å². The summed E-state index contributed by atoms with van der Waals surface area (Å²) in [6, 6.07) is 152. The van der Waals surface area contributed by atoms with Gasteiger partial charge in [-0.15, -0.1) is 11.3 Å². The third-order valence-electron chi connectivity index (χ3n) is 20.6. The largest absolute Gasteiger partial charge is 0.311 e. The van der Waals surface area contributed by atoms with Crippen LogP contribution in [0.5, 0.6) is 0 Å². The van der Waals surface area contributed by atoms with Gasteiger partial charge in [0.25, 0.3) is 0 Å². The number of hydrogen-bond acceptors (Lipinski definition) is 4. The standard InChI is InChI=1S/C100H69N5S/c1-6-20-76(21-7-1)99-66-67-100(106-99)77-46-62-90(63-47-77)103(88-54-38-72(39-55-88)70-34-50-84(51-35-70)101(80-22-8-2-9-23-80)86-58-42-74(43-59-86)78-48-64-97-93(68-78)91-30-16-18-32-95(91)104(97)82-26-12-4-13-27-82)89-56-40-73(41-57-89)71-36-52-85(53-37-71)102(81-24-10-3-11-25-81)87-60-44-75(45-61-87)79-49-65-98-94(69-79)92-31-17-19-33-96(92)105(98)83-28-14-5-15-29-83/h1-69H. The van der Waals surface area contributed by atoms with Crippen molar-refractivity contribution in [2.75, 3.05) is 14.7 Å². The lowest BCUT2D eigenvalue weighted by Gasteiger charge is -2.27. The molecule has 0 aliphatic heterocycles. The average molecular weight is 1370 g/mol. The molecule has 0 aliphatic carbocycles. The van der Waals surface area contributed by atoms with Crippen LogP contribution < -0.4 is 14.7 Å². The van der Waals surface area contributed by atoms with Gasteiger partial charge in [0.1, 0.15) is 0 Å². The summed E-state index contributed by atoms with van der Waals surface area (Å²) in [7, 11) is 0. The molecule has 0 radical (unpaired) electrons. The maximum Gasteiger partial charge on any atom is 0.0541 e. The SMILES string of the molecule is c1ccc(-c2ccc(-c3ccc(N(c4ccc(-c5ccc(N(c6ccccc6)c6ccc(-c7ccc8c(c7)c7ccccc7n8-c7ccccc7)cc6)cc5)cc4)c4ccc(-c5ccc(N(c6ccccc6)c6ccc(-c7ccc8c(c7)c7ccccc7n8-c7ccccc7)cc6)cc5)cc4)cc3)s2)cc1. The molecule has 0 saturated carbocycles. The minimum absolute atomic E-state index is 1.06. The van der Waals surface area contributed by atoms with E-state index in [0.29, 0.717) is 0 Å². The summed E-state index contributed by atoms with van der Waals surface area (Å²) in [5.41, 5.74) is 28.5. The van der Waals surface area contributed by atoms with Crippen LogP contribution >= 0.6 is 11.3 Å². The first kappa shape index (κ1) is 63.2. The van der Waals surface area contributed by atoms with E-state index in [1.807, 2.05) is 11.3 Å². The van der Waals surface area contributed by atoms with E-state index >= 15 is 0 Å². The van der Waals surface area contributed by atoms with Gasteiger partial charge in [-0.1, -0.05) is 237 Å². The second kappa shape index (κ2) is 27.5. The maximum atomic E-state index is 2.37. The van der Waals surface area contributed by atoms with Crippen LogP contribution in [0.1, 0.15) is 0 Å². The topological polar surface area (TPSA) is 19.6 Å². The lowest BCUT2D eigenvalue weighted by Crippen LogP contribution is -2.10. The van der Waals surface area contributed by atoms with E-state index in [4.69, 9.17) is 0 Å². The molecule has 6 heteroatoms. The molecule has 16 aromatic carbocycles. The van der Waals surface area contributed by atoms with Gasteiger partial charge in [0.15, 0.2) is 0 Å². The quantitative estimate of drug-likeness (QED) is 0.0906. The first-order valence-electron chi connectivity index (χ1n) is 36.1. The zero-order valence-electron chi connectivity index (χ0n) is 58.0. The van der Waals surface area contributed by atoms with Crippen molar-refractivity contribution >= 4 is 106 Å². The Labute approximate surface area is 621 Å². The van der Waals surface area contributed by atoms with Crippen LogP contribution in [-0.4, -0.2) is 9.13 Å². The molecule has 106 heavy (non-hydrogen) atoms. The van der Waals surface area contributed by atoms with Crippen molar-refractivity contribution in [2.24, 2.45) is 0 Å². The highest BCUT2D eigenvalue weighted by Crippen LogP contribution is 2.45. The number of thiophene rings is 1. The van der Waals surface area contributed by atoms with Gasteiger partial charge in [-0.2, -0.15) is 0 Å². The Morgan fingerprint density at radius 2 is 0.387 bits per heavy atom. The number of para-hydroxylation sites is 6. The van der Waals surface area contributed by atoms with Gasteiger partial charge in [-0.05, 0) is 238 Å². The number of fused-ring (bicyclic) bond motifs is 6. The molecule has 0 atom stereocenters. The number of anilines is 9. The van der Waals surface area contributed by atoms with E-state index < -0.39 is 0 Å². The van der Waals surface area contributed by atoms with Crippen LogP contribution in [0, 0.1) is 0 Å². The third-order valence-corrected chi connectivity index (χ3v) is 21.7. The highest BCUT2D eigenvalue weighted by molar-refractivity contribution is 7.18. The fourth-order valence-corrected chi connectivity index (χ4v) is 16.4. The van der Waals surface area contributed by atoms with Crippen molar-refractivity contribution in [3.63, 3.8) is 0 Å². The van der Waals surface area contributed by atoms with Crippen LogP contribution in [-0.2, 0) is 0 Å². The van der Waals surface area contributed by atoms with Crippen LogP contribution in [0.4, 0.5) is 51.2 Å². The zero-order valence-corrected chi connectivity index (χ0v) is 58.8. The van der Waals surface area contributed by atoms with Gasteiger partial charge >= 0.3 is 0 Å². The first-order valence-corrected chi connectivity index (χ1v) is 36.9. The minimum atomic E-state index is 1.06. The van der Waals surface area contributed by atoms with E-state index in [0.717, 1.165) is 84.8 Å². The van der Waals surface area contributed by atoms with Crippen molar-refractivity contribution in [3.8, 4) is 76.8 Å². The highest BCUT2D eigenvalue weighted by Gasteiger charge is 2.21. The Balaban J connectivity index is 0.600. The molecule has 0 saturated heterocycles. The second-order valence-electron chi connectivity index (χ2n) is 26.9. The molecule has 0 N–H and O–H groups in total. The molecule has 0 amide bonds. The molecule has 0 aliphatic rings. The minimum Gasteiger partial charge on any atom is -0.311 e. The Morgan fingerprint density at radius 3 is 0.708 bits per heavy atom. The fourth-order valence-electron chi connectivity index (χ4n) is 15.4. The first-order chi connectivity index (χ1) is 52.5. The van der Waals surface area contributed by atoms with Crippen LogP contribution in [0.25, 0.3) is 120 Å². The van der Waals surface area contributed by atoms with Crippen LogP contribution in [0.15, 0.2) is 419 Å². The van der Waals surface area contributed by atoms with Crippen molar-refractivity contribution in [1.29, 1.82) is 0 Å². The van der Waals surface area contributed by atoms with Crippen molar-refractivity contribution in [2.45, 2.75) is 0 Å². The number of rotatable bonds is 17. The summed E-state index contributed by atoms with van der Waals surface area (Å²) in [5, 5.41) is 4.97. The molecule has 3 heterocycles. The Hall–Kier alpha value is -13.8. The molecule has 0 bridgehead atoms. The number of aromatic nitrogens is 2. The predicted molar refractivity (Wildman–Crippen MR) is 450 cm³/mol. The van der Waals surface area contributed by atoms with Gasteiger partial charge in [0, 0.05) is 93.9 Å². The zero-order chi connectivity index (χ0) is 70.3. The summed E-state index contributed by atoms with van der Waals surface area (Å²) in [5.74, 6) is 0. The molecule has 19 rings (SSSR count). The Morgan fingerprint density at radius 1 is 0.160 bits per heavy atom. The molecule has 5 nitrogen and oxygen atoms in total. The van der Waals surface area contributed by atoms with Crippen LogP contribution in [0.3, 0.4) is 0 Å². The normalized spacial score (nSPS) is 11.4. The maximum absolute atomic E-state index is 2.37. The van der Waals surface area contributed by atoms with E-state index in [-0.39, 0.29) is 0 Å². The summed E-state index contributed by atoms with van der Waals surface area (Å²) in [6.07, 6.45) is 0. The van der Waals surface area contributed by atoms with Crippen molar-refractivity contribution in [3.05, 3.63) is 419 Å². The summed E-state index contributed by atoms with van der Waals surface area (Å²) in [6.45, 7) is 0. The molecular weight excluding hydrogens is 1300 g/mol. The third kappa shape index (κ3) is 11.9. The summed E-state index contributed by atoms with van der Waals surface area (Å²) >= 11 is 1.82. The van der Waals surface area contributed by atoms with Gasteiger partial charge < -0.3 is 23.8 Å². The lowest BCUT2D eigenvalue weighted by atomic mass is 10.0. The molecular formula is C100H69N5S. The van der Waals surface area contributed by atoms with E-state index in [1.165, 1.54) is 86.7 Å². The fraction of sp³-hybridized carbons (Fsp3) is 0. The molecule has 0 spiro atoms. The molecule has 500 valence electrons. The van der Waals surface area contributed by atoms with E-state index in [9.17, 15) is 0 Å². The van der Waals surface area contributed by atoms with E-state index in [1.54, 1.807) is 0 Å². The van der Waals surface area contributed by atoms with Crippen molar-refractivity contribution < 1.29 is 0 Å². The van der Waals surface area contributed by atoms with Gasteiger partial charge in [0.2, 0.25) is 0 Å². The smallest absolute Gasteiger partial charge is 0.0541 e. The Kier molecular flexibility index (Phi) is 16.4. The highest BCUT2D eigenvalue weighted by atomic mass is 32.1. The van der Waals surface area contributed by atoms with E-state index in [2.05, 4.69) is 442 Å². The van der Waals surface area contributed by atoms with Gasteiger partial charge in [0.05, 0.1) is 22.1 Å². The predicted octanol–water partition coefficient (Wildman–Crippen LogP) is 28.4. The second-order valence-corrected chi connectivity index (χ2v) is 28.0. The molecule has 0 unspecified atom stereocenters. The molecule has 3 aromatic heterocycles. The monoisotopic (exact) mass is 1370 g/mol. The van der Waals surface area contributed by atoms with Gasteiger partial charge in [-0.25, -0.2) is 0 Å². The molecule has 0 fully saturated rings. The Bertz CT molecular complexity index is 5960. The number of hydrogen-bond donors (Lipinski definition) is 0. The average Bonchev–Trinajstić information content (AvgIpc) is 1.60. The van der Waals surface area contributed by atoms with Crippen molar-refractivity contribution in [1.82, 2.24) is 9.13 Å². The van der Waals surface area contributed by atoms with Crippen LogP contribution in [0.2, 0.25) is 0 Å². The summed E-state index contributed by atoms with van der Waals surface area (Å²) < 4.78 is 4.74. The number of nitrogens with zero attached hydrogens (tertiary/aromatic N) is 5. The summed E-state index contributed by atoms with van der Waals surface area (Å²) in [4.78, 5) is 9.54. The number of benzene rings is 16. The molecule has 19 aromatic rings. The lowest BCUT2D eigenvalue weighted by molar-refractivity contribution is 1.18.